The van der Waals surface area contributed by atoms with Crippen LogP contribution in [0.25, 0.3) is 0 Å². The van der Waals surface area contributed by atoms with E-state index < -0.39 is 17.6 Å². The molecule has 0 spiro atoms. The van der Waals surface area contributed by atoms with Crippen LogP contribution in [-0.4, -0.2) is 43.0 Å². The third-order valence-corrected chi connectivity index (χ3v) is 6.27. The fourth-order valence-electron chi connectivity index (χ4n) is 3.66. The molecule has 1 saturated heterocycles. The minimum absolute atomic E-state index is 0.00694. The van der Waals surface area contributed by atoms with Gasteiger partial charge in [-0.05, 0) is 74.5 Å². The van der Waals surface area contributed by atoms with Gasteiger partial charge in [-0.25, -0.2) is 4.39 Å². The summed E-state index contributed by atoms with van der Waals surface area (Å²) in [5.74, 6) is 0.715. The monoisotopic (exact) mass is 544 g/mol. The van der Waals surface area contributed by atoms with E-state index in [-0.39, 0.29) is 18.6 Å². The van der Waals surface area contributed by atoms with E-state index in [9.17, 15) is 17.6 Å². The lowest BCUT2D eigenvalue weighted by Crippen LogP contribution is -2.17. The Balaban J connectivity index is 0.000000494. The molecule has 37 heavy (non-hydrogen) atoms. The van der Waals surface area contributed by atoms with Crippen molar-refractivity contribution in [1.82, 2.24) is 4.90 Å². The molecule has 9 heteroatoms. The standard InChI is InChI=1S/C9H8F4.C9H19N.C8H6ClN.C2H4O2/c1-2-6-4-3-5-7(10)8(6)9(11,12)13;1-4-8(2)9-5-6-10(3)7-9;1-6-2-3-7(5-10)8(9)4-6;3-1-2-4/h3-5H,2H2,1H3;8-9H,4-7H2,1-3H3;2-4H,1H3;1,4H,2H2. The molecular weight excluding hydrogens is 508 g/mol. The molecule has 1 aliphatic rings. The third kappa shape index (κ3) is 13.1. The summed E-state index contributed by atoms with van der Waals surface area (Å²) >= 11 is 5.71. The van der Waals surface area contributed by atoms with Crippen molar-refractivity contribution < 1.29 is 27.5 Å². The fraction of sp³-hybridized carbons (Fsp3) is 0.500. The molecular formula is C28H37ClF4N2O2. The first-order valence-corrected chi connectivity index (χ1v) is 12.5. The predicted octanol–water partition coefficient (Wildman–Crippen LogP) is 7.09. The quantitative estimate of drug-likeness (QED) is 0.330. The van der Waals surface area contributed by atoms with Crippen molar-refractivity contribution in [2.75, 3.05) is 26.7 Å². The zero-order chi connectivity index (χ0) is 28.6. The Morgan fingerprint density at radius 3 is 2.27 bits per heavy atom. The number of hydrogen-bond acceptors (Lipinski definition) is 4. The minimum atomic E-state index is -4.60. The molecule has 2 aromatic carbocycles. The first-order chi connectivity index (χ1) is 17.4. The summed E-state index contributed by atoms with van der Waals surface area (Å²) in [5, 5.41) is 16.5. The lowest BCUT2D eigenvalue weighted by molar-refractivity contribution is -0.140. The normalized spacial score (nSPS) is 15.6. The Morgan fingerprint density at radius 2 is 1.89 bits per heavy atom. The van der Waals surface area contributed by atoms with Crippen LogP contribution in [0.15, 0.2) is 36.4 Å². The Hall–Kier alpha value is -2.47. The number of benzene rings is 2. The summed E-state index contributed by atoms with van der Waals surface area (Å²) in [6, 6.07) is 10.7. The topological polar surface area (TPSA) is 64.3 Å². The number of aldehydes is 1. The van der Waals surface area contributed by atoms with E-state index in [1.807, 2.05) is 19.1 Å². The van der Waals surface area contributed by atoms with Gasteiger partial charge in [0, 0.05) is 6.54 Å². The third-order valence-electron chi connectivity index (χ3n) is 5.96. The number of nitriles is 1. The van der Waals surface area contributed by atoms with Gasteiger partial charge in [0.1, 0.15) is 18.2 Å². The van der Waals surface area contributed by atoms with Crippen LogP contribution in [0.2, 0.25) is 5.02 Å². The Bertz CT molecular complexity index is 993. The Kier molecular flexibility index (Phi) is 16.7. The number of nitrogens with zero attached hydrogens (tertiary/aromatic N) is 2. The van der Waals surface area contributed by atoms with Crippen LogP contribution in [0.1, 0.15) is 55.9 Å². The lowest BCUT2D eigenvalue weighted by atomic mass is 9.91. The number of carbonyl (C=O) groups excluding carboxylic acids is 1. The average Bonchev–Trinajstić information content (AvgIpc) is 3.30. The Labute approximate surface area is 222 Å². The molecule has 0 radical (unpaired) electrons. The minimum Gasteiger partial charge on any atom is -0.389 e. The number of rotatable bonds is 4. The number of hydrogen-bond donors (Lipinski definition) is 1. The van der Waals surface area contributed by atoms with Crippen LogP contribution in [0, 0.1) is 35.9 Å². The van der Waals surface area contributed by atoms with E-state index in [1.54, 1.807) is 19.1 Å². The van der Waals surface area contributed by atoms with Gasteiger partial charge in [-0.2, -0.15) is 18.4 Å². The first-order valence-electron chi connectivity index (χ1n) is 12.1. The first kappa shape index (κ1) is 34.5. The van der Waals surface area contributed by atoms with E-state index in [0.717, 1.165) is 23.5 Å². The second kappa shape index (κ2) is 17.9. The van der Waals surface area contributed by atoms with Crippen LogP contribution in [0.4, 0.5) is 17.6 Å². The van der Waals surface area contributed by atoms with Gasteiger partial charge >= 0.3 is 6.18 Å². The predicted molar refractivity (Wildman–Crippen MR) is 140 cm³/mol. The maximum Gasteiger partial charge on any atom is 0.419 e. The van der Waals surface area contributed by atoms with Crippen LogP contribution < -0.4 is 0 Å². The second-order valence-corrected chi connectivity index (χ2v) is 9.17. The summed E-state index contributed by atoms with van der Waals surface area (Å²) in [7, 11) is 2.22. The van der Waals surface area contributed by atoms with Gasteiger partial charge in [0.25, 0.3) is 0 Å². The van der Waals surface area contributed by atoms with E-state index in [2.05, 4.69) is 25.8 Å². The van der Waals surface area contributed by atoms with Crippen molar-refractivity contribution in [3.63, 3.8) is 0 Å². The van der Waals surface area contributed by atoms with Gasteiger partial charge in [0.15, 0.2) is 0 Å². The number of likely N-dealkylation sites (tertiary alicyclic amines) is 1. The highest BCUT2D eigenvalue weighted by molar-refractivity contribution is 6.31. The van der Waals surface area contributed by atoms with Crippen LogP contribution in [0.5, 0.6) is 0 Å². The molecule has 2 atom stereocenters. The zero-order valence-electron chi connectivity index (χ0n) is 22.1. The van der Waals surface area contributed by atoms with Gasteiger partial charge < -0.3 is 14.8 Å². The summed E-state index contributed by atoms with van der Waals surface area (Å²) in [6.45, 7) is 10.5. The highest BCUT2D eigenvalue weighted by atomic mass is 35.5. The molecule has 2 unspecified atom stereocenters. The molecule has 3 rings (SSSR count). The lowest BCUT2D eigenvalue weighted by Gasteiger charge is -2.16. The summed E-state index contributed by atoms with van der Waals surface area (Å²) in [4.78, 5) is 11.4. The van der Waals surface area contributed by atoms with E-state index in [0.29, 0.717) is 16.9 Å². The molecule has 0 bridgehead atoms. The largest absolute Gasteiger partial charge is 0.419 e. The van der Waals surface area contributed by atoms with Gasteiger partial charge in [-0.3, -0.25) is 0 Å². The van der Waals surface area contributed by atoms with Crippen molar-refractivity contribution in [2.24, 2.45) is 11.8 Å². The molecule has 1 fully saturated rings. The van der Waals surface area contributed by atoms with Crippen LogP contribution in [-0.2, 0) is 17.4 Å². The van der Waals surface area contributed by atoms with Gasteiger partial charge in [0.05, 0.1) is 22.8 Å². The average molecular weight is 545 g/mol. The molecule has 0 aromatic heterocycles. The highest BCUT2D eigenvalue weighted by Crippen LogP contribution is 2.34. The molecule has 0 aliphatic carbocycles. The number of halogens is 5. The van der Waals surface area contributed by atoms with E-state index >= 15 is 0 Å². The molecule has 2 aromatic rings. The Morgan fingerprint density at radius 1 is 1.27 bits per heavy atom. The highest BCUT2D eigenvalue weighted by Gasteiger charge is 2.36. The van der Waals surface area contributed by atoms with Crippen LogP contribution in [0.3, 0.4) is 0 Å². The van der Waals surface area contributed by atoms with Crippen molar-refractivity contribution in [1.29, 1.82) is 5.26 Å². The number of alkyl halides is 3. The van der Waals surface area contributed by atoms with Gasteiger partial charge in [0.2, 0.25) is 0 Å². The fourth-order valence-corrected chi connectivity index (χ4v) is 3.94. The molecule has 1 aliphatic heterocycles. The number of aliphatic hydroxyl groups is 1. The number of aliphatic hydroxyl groups excluding tert-OH is 1. The summed E-state index contributed by atoms with van der Waals surface area (Å²) < 4.78 is 49.6. The van der Waals surface area contributed by atoms with Crippen molar-refractivity contribution in [2.45, 2.75) is 53.1 Å². The van der Waals surface area contributed by atoms with E-state index in [1.165, 1.54) is 38.1 Å². The van der Waals surface area contributed by atoms with Crippen molar-refractivity contribution in [3.8, 4) is 6.07 Å². The van der Waals surface area contributed by atoms with Crippen molar-refractivity contribution in [3.05, 3.63) is 69.5 Å². The molecule has 1 heterocycles. The summed E-state index contributed by atoms with van der Waals surface area (Å²) in [6.07, 6.45) is -1.23. The molecule has 4 nitrogen and oxygen atoms in total. The SMILES string of the molecule is CCC(C)C1CCN(C)C1.CCc1cccc(F)c1C(F)(F)F.Cc1ccc(C#N)c(Cl)c1.O=CCO. The smallest absolute Gasteiger partial charge is 0.389 e. The maximum atomic E-state index is 12.8. The molecule has 0 amide bonds. The number of aryl methyl sites for hydroxylation is 2. The van der Waals surface area contributed by atoms with E-state index in [4.69, 9.17) is 26.8 Å². The molecule has 0 saturated carbocycles. The van der Waals surface area contributed by atoms with Crippen molar-refractivity contribution >= 4 is 17.9 Å². The molecule has 206 valence electrons. The van der Waals surface area contributed by atoms with Gasteiger partial charge in [-0.1, -0.05) is 57.0 Å². The number of carbonyl (C=O) groups is 1. The molecule has 1 N–H and O–H groups in total. The van der Waals surface area contributed by atoms with Gasteiger partial charge in [-0.15, -0.1) is 0 Å². The second-order valence-electron chi connectivity index (χ2n) is 8.77. The van der Waals surface area contributed by atoms with Crippen LogP contribution >= 0.6 is 11.6 Å². The maximum absolute atomic E-state index is 12.8. The zero-order valence-corrected chi connectivity index (χ0v) is 22.8. The summed E-state index contributed by atoms with van der Waals surface area (Å²) in [5.41, 5.74) is 0.460.